The summed E-state index contributed by atoms with van der Waals surface area (Å²) < 4.78 is 9.89. The molecule has 21 heavy (non-hydrogen) atoms. The second kappa shape index (κ2) is 8.37. The van der Waals surface area contributed by atoms with Crippen molar-refractivity contribution in [3.8, 4) is 17.2 Å². The fraction of sp³-hybridized carbons (Fsp3) is 0.125. The van der Waals surface area contributed by atoms with Gasteiger partial charge in [-0.25, -0.2) is 0 Å². The Morgan fingerprint density at radius 2 is 1.57 bits per heavy atom. The van der Waals surface area contributed by atoms with Gasteiger partial charge in [-0.05, 0) is 42.5 Å². The summed E-state index contributed by atoms with van der Waals surface area (Å²) in [5.41, 5.74) is 1.07. The Hall–Kier alpha value is -2.82. The quantitative estimate of drug-likeness (QED) is 0.876. The standard InChI is InChI=1S/C9H10O3.C7H6O2/c1-11-8-3-4-9(12-2)7(5-8)6-10;8-5-6-1-3-7(9)4-2-6/h3-6H,1-2H3;1-5,9H. The number of aldehydes is 2. The van der Waals surface area contributed by atoms with Crippen LogP contribution in [-0.4, -0.2) is 31.9 Å². The predicted octanol–water partition coefficient (Wildman–Crippen LogP) is 2.72. The zero-order chi connectivity index (χ0) is 15.7. The Balaban J connectivity index is 0.000000219. The van der Waals surface area contributed by atoms with Crippen LogP contribution in [0.5, 0.6) is 17.2 Å². The predicted molar refractivity (Wildman–Crippen MR) is 78.4 cm³/mol. The summed E-state index contributed by atoms with van der Waals surface area (Å²) in [7, 11) is 3.07. The van der Waals surface area contributed by atoms with E-state index in [0.29, 0.717) is 22.6 Å². The lowest BCUT2D eigenvalue weighted by molar-refractivity contribution is 0.111. The molecule has 0 saturated heterocycles. The summed E-state index contributed by atoms with van der Waals surface area (Å²) in [6.07, 6.45) is 1.47. The van der Waals surface area contributed by atoms with Crippen LogP contribution < -0.4 is 9.47 Å². The number of phenols is 1. The van der Waals surface area contributed by atoms with Crippen LogP contribution in [0.3, 0.4) is 0 Å². The lowest BCUT2D eigenvalue weighted by Crippen LogP contribution is -1.91. The van der Waals surface area contributed by atoms with Gasteiger partial charge in [-0.2, -0.15) is 0 Å². The molecule has 0 aliphatic rings. The fourth-order valence-corrected chi connectivity index (χ4v) is 1.48. The molecule has 0 aromatic heterocycles. The maximum Gasteiger partial charge on any atom is 0.153 e. The van der Waals surface area contributed by atoms with Crippen LogP contribution in [0.2, 0.25) is 0 Å². The number of ether oxygens (including phenoxy) is 2. The van der Waals surface area contributed by atoms with Gasteiger partial charge < -0.3 is 14.6 Å². The number of carbonyl (C=O) groups excluding carboxylic acids is 2. The van der Waals surface area contributed by atoms with Gasteiger partial charge in [0.1, 0.15) is 23.5 Å². The van der Waals surface area contributed by atoms with Crippen LogP contribution in [0.15, 0.2) is 42.5 Å². The Kier molecular flexibility index (Phi) is 6.47. The topological polar surface area (TPSA) is 72.8 Å². The minimum Gasteiger partial charge on any atom is -0.508 e. The molecule has 2 rings (SSSR count). The molecule has 0 aliphatic heterocycles. The summed E-state index contributed by atoms with van der Waals surface area (Å²) >= 11 is 0. The van der Waals surface area contributed by atoms with Crippen molar-refractivity contribution in [1.29, 1.82) is 0 Å². The Labute approximate surface area is 122 Å². The maximum atomic E-state index is 10.5. The molecule has 5 nitrogen and oxygen atoms in total. The molecule has 2 aromatic carbocycles. The molecule has 0 amide bonds. The Bertz CT molecular complexity index is 590. The molecular weight excluding hydrogens is 272 g/mol. The number of aromatic hydroxyl groups is 1. The molecule has 0 spiro atoms. The lowest BCUT2D eigenvalue weighted by Gasteiger charge is -2.04. The van der Waals surface area contributed by atoms with Crippen molar-refractivity contribution in [1.82, 2.24) is 0 Å². The molecule has 5 heteroatoms. The monoisotopic (exact) mass is 288 g/mol. The van der Waals surface area contributed by atoms with E-state index in [1.54, 1.807) is 37.4 Å². The number of phenolic OH excluding ortho intramolecular Hbond substituents is 1. The van der Waals surface area contributed by atoms with E-state index in [9.17, 15) is 9.59 Å². The number of methoxy groups -OCH3 is 2. The van der Waals surface area contributed by atoms with Crippen LogP contribution in [0.25, 0.3) is 0 Å². The molecule has 0 aliphatic carbocycles. The average molecular weight is 288 g/mol. The van der Waals surface area contributed by atoms with Gasteiger partial charge >= 0.3 is 0 Å². The average Bonchev–Trinajstić information content (AvgIpc) is 2.55. The van der Waals surface area contributed by atoms with E-state index in [2.05, 4.69) is 0 Å². The maximum absolute atomic E-state index is 10.5. The van der Waals surface area contributed by atoms with Gasteiger partial charge in [-0.3, -0.25) is 9.59 Å². The molecule has 0 unspecified atom stereocenters. The first-order valence-corrected chi connectivity index (χ1v) is 6.06. The highest BCUT2D eigenvalue weighted by atomic mass is 16.5. The van der Waals surface area contributed by atoms with E-state index in [1.807, 2.05) is 0 Å². The van der Waals surface area contributed by atoms with Crippen molar-refractivity contribution in [2.75, 3.05) is 14.2 Å². The van der Waals surface area contributed by atoms with Crippen LogP contribution in [0.1, 0.15) is 20.7 Å². The summed E-state index contributed by atoms with van der Waals surface area (Å²) in [6.45, 7) is 0. The number of hydrogen-bond acceptors (Lipinski definition) is 5. The van der Waals surface area contributed by atoms with E-state index in [0.717, 1.165) is 12.6 Å². The van der Waals surface area contributed by atoms with Crippen LogP contribution >= 0.6 is 0 Å². The van der Waals surface area contributed by atoms with Crippen molar-refractivity contribution in [3.63, 3.8) is 0 Å². The van der Waals surface area contributed by atoms with Crippen molar-refractivity contribution < 1.29 is 24.2 Å². The molecular formula is C16H16O5. The summed E-state index contributed by atoms with van der Waals surface area (Å²) in [4.78, 5) is 20.6. The number of benzene rings is 2. The van der Waals surface area contributed by atoms with Gasteiger partial charge in [0.15, 0.2) is 6.29 Å². The molecule has 0 radical (unpaired) electrons. The van der Waals surface area contributed by atoms with E-state index >= 15 is 0 Å². The molecule has 0 saturated carbocycles. The summed E-state index contributed by atoms with van der Waals surface area (Å²) in [5, 5.41) is 8.74. The van der Waals surface area contributed by atoms with E-state index in [4.69, 9.17) is 14.6 Å². The smallest absolute Gasteiger partial charge is 0.153 e. The lowest BCUT2D eigenvalue weighted by atomic mass is 10.2. The minimum atomic E-state index is 0.181. The van der Waals surface area contributed by atoms with Crippen molar-refractivity contribution in [2.24, 2.45) is 0 Å². The van der Waals surface area contributed by atoms with Gasteiger partial charge in [-0.1, -0.05) is 0 Å². The highest BCUT2D eigenvalue weighted by Crippen LogP contribution is 2.21. The zero-order valence-corrected chi connectivity index (χ0v) is 11.8. The summed E-state index contributed by atoms with van der Waals surface area (Å²) in [5.74, 6) is 1.39. The van der Waals surface area contributed by atoms with Gasteiger partial charge in [0, 0.05) is 5.56 Å². The first kappa shape index (κ1) is 16.2. The highest BCUT2D eigenvalue weighted by Gasteiger charge is 2.02. The molecule has 0 bridgehead atoms. The Morgan fingerprint density at radius 3 is 2.05 bits per heavy atom. The van der Waals surface area contributed by atoms with Crippen LogP contribution in [0.4, 0.5) is 0 Å². The van der Waals surface area contributed by atoms with Gasteiger partial charge in [0.25, 0.3) is 0 Å². The van der Waals surface area contributed by atoms with Crippen molar-refractivity contribution in [3.05, 3.63) is 53.6 Å². The van der Waals surface area contributed by atoms with Crippen LogP contribution in [-0.2, 0) is 0 Å². The number of carbonyl (C=O) groups is 2. The normalized spacial score (nSPS) is 9.05. The van der Waals surface area contributed by atoms with Gasteiger partial charge in [0.05, 0.1) is 19.8 Å². The second-order valence-corrected chi connectivity index (χ2v) is 3.94. The number of rotatable bonds is 4. The first-order valence-electron chi connectivity index (χ1n) is 6.06. The fourth-order valence-electron chi connectivity index (χ4n) is 1.48. The van der Waals surface area contributed by atoms with E-state index in [-0.39, 0.29) is 5.75 Å². The van der Waals surface area contributed by atoms with Gasteiger partial charge in [-0.15, -0.1) is 0 Å². The molecule has 2 aromatic rings. The SMILES string of the molecule is COc1ccc(OC)c(C=O)c1.O=Cc1ccc(O)cc1. The minimum absolute atomic E-state index is 0.181. The largest absolute Gasteiger partial charge is 0.508 e. The molecule has 0 fully saturated rings. The molecule has 1 N–H and O–H groups in total. The summed E-state index contributed by atoms with van der Waals surface area (Å²) in [6, 6.07) is 11.1. The first-order chi connectivity index (χ1) is 10.1. The Morgan fingerprint density at radius 1 is 0.905 bits per heavy atom. The zero-order valence-electron chi connectivity index (χ0n) is 11.8. The molecule has 0 heterocycles. The third kappa shape index (κ3) is 4.99. The third-order valence-corrected chi connectivity index (χ3v) is 2.59. The van der Waals surface area contributed by atoms with Crippen molar-refractivity contribution >= 4 is 12.6 Å². The molecule has 0 atom stereocenters. The highest BCUT2D eigenvalue weighted by molar-refractivity contribution is 5.80. The van der Waals surface area contributed by atoms with Gasteiger partial charge in [0.2, 0.25) is 0 Å². The second-order valence-electron chi connectivity index (χ2n) is 3.94. The van der Waals surface area contributed by atoms with E-state index < -0.39 is 0 Å². The third-order valence-electron chi connectivity index (χ3n) is 2.59. The number of hydrogen-bond donors (Lipinski definition) is 1. The van der Waals surface area contributed by atoms with E-state index in [1.165, 1.54) is 19.2 Å². The van der Waals surface area contributed by atoms with Crippen molar-refractivity contribution in [2.45, 2.75) is 0 Å². The van der Waals surface area contributed by atoms with Crippen LogP contribution in [0, 0.1) is 0 Å². The molecule has 110 valence electrons.